The quantitative estimate of drug-likeness (QED) is 0.518. The molecule has 2 N–H and O–H groups in total. The molecular formula is C8H18N2O4S. The molecule has 1 aliphatic heterocycles. The molecule has 0 saturated carbocycles. The van der Waals surface area contributed by atoms with Crippen LogP contribution in [0.25, 0.3) is 0 Å². The highest BCUT2D eigenvalue weighted by Gasteiger charge is 2.16. The van der Waals surface area contributed by atoms with Crippen LogP contribution in [0.3, 0.4) is 0 Å². The van der Waals surface area contributed by atoms with Gasteiger partial charge >= 0.3 is 0 Å². The molecule has 0 unspecified atom stereocenters. The maximum Gasteiger partial charge on any atom is 0.266 e. The van der Waals surface area contributed by atoms with Crippen LogP contribution in [0.2, 0.25) is 0 Å². The highest BCUT2D eigenvalue weighted by molar-refractivity contribution is 7.85. The molecular weight excluding hydrogens is 220 g/mol. The predicted octanol–water partition coefficient (Wildman–Crippen LogP) is -0.317. The molecule has 0 bridgehead atoms. The lowest BCUT2D eigenvalue weighted by molar-refractivity contribution is -0.116. The molecule has 0 spiro atoms. The van der Waals surface area contributed by atoms with Crippen molar-refractivity contribution in [3.63, 3.8) is 0 Å². The van der Waals surface area contributed by atoms with Crippen LogP contribution in [0.4, 0.5) is 0 Å². The van der Waals surface area contributed by atoms with Crippen LogP contribution in [-0.4, -0.2) is 66.6 Å². The molecule has 0 amide bonds. The molecule has 90 valence electrons. The van der Waals surface area contributed by atoms with E-state index in [0.29, 0.717) is 32.7 Å². The third-order valence-electron chi connectivity index (χ3n) is 2.01. The van der Waals surface area contributed by atoms with Gasteiger partial charge in [0.1, 0.15) is 0 Å². The first kappa shape index (κ1) is 14.5. The second kappa shape index (κ2) is 6.91. The van der Waals surface area contributed by atoms with E-state index in [1.54, 1.807) is 0 Å². The number of piperazine rings is 1. The summed E-state index contributed by atoms with van der Waals surface area (Å²) in [7, 11) is -3.85. The number of hydroxylamine groups is 2. The van der Waals surface area contributed by atoms with E-state index in [0.717, 1.165) is 0 Å². The third kappa shape index (κ3) is 7.46. The van der Waals surface area contributed by atoms with Crippen LogP contribution in [0.15, 0.2) is 13.2 Å². The Kier molecular flexibility index (Phi) is 6.70. The molecule has 7 heteroatoms. The molecule has 1 fully saturated rings. The number of hydrogen-bond acceptors (Lipinski definition) is 5. The minimum absolute atomic E-state index is 0.238. The van der Waals surface area contributed by atoms with E-state index in [4.69, 9.17) is 9.76 Å². The first-order chi connectivity index (χ1) is 6.97. The lowest BCUT2D eigenvalue weighted by Gasteiger charge is -2.30. The van der Waals surface area contributed by atoms with Crippen molar-refractivity contribution in [2.45, 2.75) is 0 Å². The van der Waals surface area contributed by atoms with Crippen molar-refractivity contribution in [3.8, 4) is 0 Å². The van der Waals surface area contributed by atoms with E-state index in [9.17, 15) is 8.42 Å². The van der Waals surface area contributed by atoms with Crippen molar-refractivity contribution in [1.29, 1.82) is 0 Å². The van der Waals surface area contributed by atoms with Crippen LogP contribution in [0, 0.1) is 0 Å². The summed E-state index contributed by atoms with van der Waals surface area (Å²) in [5.41, 5.74) is 0. The molecule has 0 atom stereocenters. The van der Waals surface area contributed by atoms with Gasteiger partial charge in [0.25, 0.3) is 10.1 Å². The van der Waals surface area contributed by atoms with Gasteiger partial charge in [0.15, 0.2) is 0 Å². The molecule has 1 aliphatic rings. The average molecular weight is 238 g/mol. The minimum atomic E-state index is -3.85. The Bertz CT molecular complexity index is 260. The van der Waals surface area contributed by atoms with Gasteiger partial charge in [-0.25, -0.2) is 0 Å². The predicted molar refractivity (Wildman–Crippen MR) is 57.5 cm³/mol. The number of hydrogen-bond donors (Lipinski definition) is 2. The average Bonchev–Trinajstić information content (AvgIpc) is 2.19. The summed E-state index contributed by atoms with van der Waals surface area (Å²) in [4.78, 5) is 1.89. The fourth-order valence-electron chi connectivity index (χ4n) is 1.21. The van der Waals surface area contributed by atoms with Gasteiger partial charge in [0, 0.05) is 32.7 Å². The second-order valence-electron chi connectivity index (χ2n) is 3.08. The van der Waals surface area contributed by atoms with Gasteiger partial charge in [-0.1, -0.05) is 0 Å². The summed E-state index contributed by atoms with van der Waals surface area (Å²) in [5, 5.41) is 10.2. The van der Waals surface area contributed by atoms with Crippen LogP contribution >= 0.6 is 0 Å². The summed E-state index contributed by atoms with van der Waals surface area (Å²) >= 11 is 0. The van der Waals surface area contributed by atoms with Crippen LogP contribution in [0.5, 0.6) is 0 Å². The van der Waals surface area contributed by atoms with Gasteiger partial charge in [0.2, 0.25) is 0 Å². The Hall–Kier alpha value is -0.470. The number of nitrogens with zero attached hydrogens (tertiary/aromatic N) is 2. The SMILES string of the molecule is C=C.O=S(=O)(O)CCN1CCN(O)CC1. The van der Waals surface area contributed by atoms with E-state index in [1.165, 1.54) is 5.06 Å². The molecule has 15 heavy (non-hydrogen) atoms. The first-order valence-corrected chi connectivity index (χ1v) is 6.19. The fourth-order valence-corrected chi connectivity index (χ4v) is 1.69. The van der Waals surface area contributed by atoms with E-state index in [-0.39, 0.29) is 5.75 Å². The van der Waals surface area contributed by atoms with Crippen molar-refractivity contribution < 1.29 is 18.2 Å². The standard InChI is InChI=1S/C6H14N2O4S.C2H4/c9-8-3-1-7(2-4-8)5-6-13(10,11)12;1-2/h9H,1-6H2,(H,10,11,12);1-2H2. The van der Waals surface area contributed by atoms with Crippen molar-refractivity contribution in [1.82, 2.24) is 9.96 Å². The fraction of sp³-hybridized carbons (Fsp3) is 0.750. The van der Waals surface area contributed by atoms with Gasteiger partial charge in [-0.15, -0.1) is 13.2 Å². The lowest BCUT2D eigenvalue weighted by Crippen LogP contribution is -2.46. The van der Waals surface area contributed by atoms with E-state index in [1.807, 2.05) is 4.90 Å². The Balaban J connectivity index is 0.000000921. The Morgan fingerprint density at radius 2 is 1.60 bits per heavy atom. The normalized spacial score (nSPS) is 19.3. The summed E-state index contributed by atoms with van der Waals surface area (Å²) in [6.45, 7) is 8.63. The summed E-state index contributed by atoms with van der Waals surface area (Å²) in [6, 6.07) is 0. The van der Waals surface area contributed by atoms with Gasteiger partial charge in [-0.05, 0) is 0 Å². The second-order valence-corrected chi connectivity index (χ2v) is 4.65. The van der Waals surface area contributed by atoms with Crippen LogP contribution in [0.1, 0.15) is 0 Å². The zero-order chi connectivity index (χ0) is 11.9. The molecule has 0 aliphatic carbocycles. The highest BCUT2D eigenvalue weighted by atomic mass is 32.2. The Morgan fingerprint density at radius 3 is 2.00 bits per heavy atom. The van der Waals surface area contributed by atoms with Crippen molar-refractivity contribution in [2.24, 2.45) is 0 Å². The number of rotatable bonds is 3. The van der Waals surface area contributed by atoms with Crippen LogP contribution < -0.4 is 0 Å². The van der Waals surface area contributed by atoms with Crippen molar-refractivity contribution in [3.05, 3.63) is 13.2 Å². The molecule has 1 saturated heterocycles. The van der Waals surface area contributed by atoms with Gasteiger partial charge in [-0.3, -0.25) is 9.45 Å². The molecule has 1 rings (SSSR count). The molecule has 1 heterocycles. The van der Waals surface area contributed by atoms with E-state index >= 15 is 0 Å². The summed E-state index contributed by atoms with van der Waals surface area (Å²) in [5.74, 6) is -0.238. The van der Waals surface area contributed by atoms with Gasteiger partial charge < -0.3 is 5.21 Å². The maximum atomic E-state index is 10.4. The lowest BCUT2D eigenvalue weighted by atomic mass is 10.4. The Labute approximate surface area is 90.5 Å². The van der Waals surface area contributed by atoms with Crippen molar-refractivity contribution >= 4 is 10.1 Å². The summed E-state index contributed by atoms with van der Waals surface area (Å²) in [6.07, 6.45) is 0. The minimum Gasteiger partial charge on any atom is -0.314 e. The monoisotopic (exact) mass is 238 g/mol. The smallest absolute Gasteiger partial charge is 0.266 e. The molecule has 0 radical (unpaired) electrons. The third-order valence-corrected chi connectivity index (χ3v) is 2.71. The molecule has 0 aromatic rings. The molecule has 6 nitrogen and oxygen atoms in total. The van der Waals surface area contributed by atoms with E-state index in [2.05, 4.69) is 13.2 Å². The largest absolute Gasteiger partial charge is 0.314 e. The highest BCUT2D eigenvalue weighted by Crippen LogP contribution is 1.98. The zero-order valence-corrected chi connectivity index (χ0v) is 9.49. The topological polar surface area (TPSA) is 81.1 Å². The van der Waals surface area contributed by atoms with E-state index < -0.39 is 10.1 Å². The zero-order valence-electron chi connectivity index (χ0n) is 8.67. The maximum absolute atomic E-state index is 10.4. The van der Waals surface area contributed by atoms with Gasteiger partial charge in [0.05, 0.1) is 5.75 Å². The Morgan fingerprint density at radius 1 is 1.13 bits per heavy atom. The van der Waals surface area contributed by atoms with Gasteiger partial charge in [-0.2, -0.15) is 13.5 Å². The first-order valence-electron chi connectivity index (χ1n) is 4.59. The summed E-state index contributed by atoms with van der Waals surface area (Å²) < 4.78 is 29.3. The molecule has 0 aromatic heterocycles. The van der Waals surface area contributed by atoms with Crippen molar-refractivity contribution in [2.75, 3.05) is 38.5 Å². The molecule has 0 aromatic carbocycles. The van der Waals surface area contributed by atoms with Crippen LogP contribution in [-0.2, 0) is 10.1 Å².